The molecule has 0 bridgehead atoms. The molecule has 15 heteroatoms. The number of hydrazine groups is 2. The number of nitrogens with two attached hydrogens (primary N) is 3. The van der Waals surface area contributed by atoms with E-state index in [-0.39, 0.29) is 57.5 Å². The van der Waals surface area contributed by atoms with Crippen molar-refractivity contribution in [1.29, 1.82) is 0 Å². The molecule has 1 aliphatic heterocycles. The van der Waals surface area contributed by atoms with Crippen molar-refractivity contribution in [2.24, 2.45) is 23.5 Å². The highest BCUT2D eigenvalue weighted by atomic mass is 16.7. The summed E-state index contributed by atoms with van der Waals surface area (Å²) in [5.41, 5.74) is 1.51. The molecular formula is C34H48N8O7. The number of anilines is 3. The predicted molar refractivity (Wildman–Crippen MR) is 185 cm³/mol. The van der Waals surface area contributed by atoms with Gasteiger partial charge in [0, 0.05) is 24.4 Å². The largest absolute Gasteiger partial charge is 0.373 e. The van der Waals surface area contributed by atoms with E-state index in [1.165, 1.54) is 9.80 Å². The molecule has 49 heavy (non-hydrogen) atoms. The number of nitrogens with zero attached hydrogens (tertiary/aromatic N) is 4. The molecule has 0 fully saturated rings. The fourth-order valence-corrected chi connectivity index (χ4v) is 4.92. The molecule has 0 saturated heterocycles. The smallest absolute Gasteiger partial charge is 0.357 e. The number of carbonyl (C=O) groups excluding carboxylic acids is 5. The van der Waals surface area contributed by atoms with Crippen LogP contribution in [0.4, 0.5) is 21.9 Å². The zero-order chi connectivity index (χ0) is 36.3. The minimum absolute atomic E-state index is 0.0969. The van der Waals surface area contributed by atoms with E-state index in [4.69, 9.17) is 22.3 Å². The Morgan fingerprint density at radius 2 is 1.61 bits per heavy atom. The molecule has 2 aromatic rings. The summed E-state index contributed by atoms with van der Waals surface area (Å²) < 4.78 is 5.26. The van der Waals surface area contributed by atoms with Crippen molar-refractivity contribution in [3.05, 3.63) is 65.7 Å². The number of carbonyl (C=O) groups is 5. The number of hydrogen-bond donors (Lipinski definition) is 4. The molecular weight excluding hydrogens is 632 g/mol. The lowest BCUT2D eigenvalue weighted by atomic mass is 9.97. The SMILES string of the molecule is Cc1ccccc1N(N)C(=O)N(N)c1ccc(NC(C)(C)C(=O)CN(CCC(C)C)C(=O)CN(CCC(=O)ON)C(=O)C2=CCOC2)cc1. The van der Waals surface area contributed by atoms with Gasteiger partial charge in [0.2, 0.25) is 5.91 Å². The number of urea groups is 1. The second-order valence-corrected chi connectivity index (χ2v) is 12.7. The Bertz CT molecular complexity index is 1530. The molecule has 0 aromatic heterocycles. The molecule has 0 spiro atoms. The van der Waals surface area contributed by atoms with Gasteiger partial charge in [0.05, 0.1) is 43.1 Å². The van der Waals surface area contributed by atoms with Gasteiger partial charge in [-0.2, -0.15) is 5.90 Å². The minimum atomic E-state index is -1.12. The molecule has 266 valence electrons. The fourth-order valence-electron chi connectivity index (χ4n) is 4.92. The first-order valence-corrected chi connectivity index (χ1v) is 16.0. The molecule has 0 radical (unpaired) electrons. The first kappa shape index (κ1) is 38.6. The van der Waals surface area contributed by atoms with Crippen LogP contribution in [-0.4, -0.2) is 84.3 Å². The number of ketones is 1. The summed E-state index contributed by atoms with van der Waals surface area (Å²) in [4.78, 5) is 72.1. The highest BCUT2D eigenvalue weighted by Crippen LogP contribution is 2.23. The first-order chi connectivity index (χ1) is 23.1. The summed E-state index contributed by atoms with van der Waals surface area (Å²) in [5.74, 6) is 15.5. The van der Waals surface area contributed by atoms with E-state index in [0.717, 1.165) is 15.6 Å². The van der Waals surface area contributed by atoms with Crippen molar-refractivity contribution in [3.8, 4) is 0 Å². The number of Topliss-reactive ketones (excluding diaryl/α,β-unsaturated/α-hetero) is 1. The number of nitrogens with one attached hydrogen (secondary N) is 1. The van der Waals surface area contributed by atoms with Crippen LogP contribution in [0.25, 0.3) is 0 Å². The normalized spacial score (nSPS) is 12.6. The number of amides is 4. The Labute approximate surface area is 286 Å². The molecule has 3 rings (SSSR count). The van der Waals surface area contributed by atoms with E-state index in [2.05, 4.69) is 10.2 Å². The van der Waals surface area contributed by atoms with Crippen LogP contribution in [0.5, 0.6) is 0 Å². The minimum Gasteiger partial charge on any atom is -0.373 e. The molecule has 15 nitrogen and oxygen atoms in total. The summed E-state index contributed by atoms with van der Waals surface area (Å²) in [6, 6.07) is 13.1. The number of aryl methyl sites for hydroxylation is 1. The van der Waals surface area contributed by atoms with Crippen LogP contribution in [0.2, 0.25) is 0 Å². The monoisotopic (exact) mass is 680 g/mol. The topological polar surface area (TPSA) is 207 Å². The first-order valence-electron chi connectivity index (χ1n) is 16.0. The van der Waals surface area contributed by atoms with Crippen LogP contribution in [0.3, 0.4) is 0 Å². The summed E-state index contributed by atoms with van der Waals surface area (Å²) in [6.45, 7) is 9.21. The van der Waals surface area contributed by atoms with Crippen molar-refractivity contribution in [3.63, 3.8) is 0 Å². The lowest BCUT2D eigenvalue weighted by molar-refractivity contribution is -0.146. The highest BCUT2D eigenvalue weighted by Gasteiger charge is 2.32. The summed E-state index contributed by atoms with van der Waals surface area (Å²) in [6.07, 6.45) is 2.04. The molecule has 1 heterocycles. The van der Waals surface area contributed by atoms with E-state index in [0.29, 0.717) is 29.1 Å². The lowest BCUT2D eigenvalue weighted by Crippen LogP contribution is -2.51. The number of hydrogen-bond acceptors (Lipinski definition) is 11. The van der Waals surface area contributed by atoms with Gasteiger partial charge in [0.25, 0.3) is 5.91 Å². The number of benzene rings is 2. The van der Waals surface area contributed by atoms with Gasteiger partial charge in [-0.1, -0.05) is 32.0 Å². The van der Waals surface area contributed by atoms with Crippen molar-refractivity contribution < 1.29 is 33.5 Å². The molecule has 0 aliphatic carbocycles. The maximum Gasteiger partial charge on any atom is 0.357 e. The maximum absolute atomic E-state index is 13.7. The van der Waals surface area contributed by atoms with Gasteiger partial charge in [-0.25, -0.2) is 26.5 Å². The van der Waals surface area contributed by atoms with Gasteiger partial charge in [-0.3, -0.25) is 19.2 Å². The summed E-state index contributed by atoms with van der Waals surface area (Å²) in [7, 11) is 0. The van der Waals surface area contributed by atoms with Gasteiger partial charge in [0.1, 0.15) is 6.54 Å². The Morgan fingerprint density at radius 1 is 0.939 bits per heavy atom. The summed E-state index contributed by atoms with van der Waals surface area (Å²) >= 11 is 0. The fraction of sp³-hybridized carbons (Fsp3) is 0.441. The van der Waals surface area contributed by atoms with Crippen LogP contribution in [-0.2, 0) is 28.8 Å². The third-order valence-corrected chi connectivity index (χ3v) is 8.06. The van der Waals surface area contributed by atoms with Crippen molar-refractivity contribution in [2.75, 3.05) is 54.7 Å². The second-order valence-electron chi connectivity index (χ2n) is 12.7. The molecule has 1 aliphatic rings. The Hall–Kier alpha value is -4.83. The van der Waals surface area contributed by atoms with E-state index < -0.39 is 29.4 Å². The predicted octanol–water partition coefficient (Wildman–Crippen LogP) is 2.40. The zero-order valence-electron chi connectivity index (χ0n) is 28.8. The third kappa shape index (κ3) is 10.8. The second kappa shape index (κ2) is 17.5. The van der Waals surface area contributed by atoms with Gasteiger partial charge < -0.3 is 24.7 Å². The standard InChI is InChI=1S/C34H48N8O7/c1-23(2)14-17-39(30(44)21-40(18-15-31(45)49-37)32(46)25-16-19-48-22-25)20-29(43)34(4,5)38-26-10-12-27(13-11-26)41(35)33(47)42(36)28-9-7-6-8-24(28)3/h6-13,16,23,38H,14-15,17-22,35-37H2,1-5H3. The van der Waals surface area contributed by atoms with Crippen LogP contribution in [0, 0.1) is 12.8 Å². The quantitative estimate of drug-likeness (QED) is 0.115. The van der Waals surface area contributed by atoms with Crippen LogP contribution < -0.4 is 32.9 Å². The third-order valence-electron chi connectivity index (χ3n) is 8.06. The molecule has 4 amide bonds. The Kier molecular flexibility index (Phi) is 13.8. The van der Waals surface area contributed by atoms with E-state index in [1.54, 1.807) is 56.3 Å². The molecule has 0 saturated carbocycles. The van der Waals surface area contributed by atoms with Crippen molar-refractivity contribution >= 4 is 46.7 Å². The number of ether oxygens (including phenoxy) is 1. The van der Waals surface area contributed by atoms with E-state index in [1.807, 2.05) is 32.9 Å². The van der Waals surface area contributed by atoms with Crippen LogP contribution in [0.15, 0.2) is 60.2 Å². The molecule has 0 atom stereocenters. The average molecular weight is 681 g/mol. The van der Waals surface area contributed by atoms with Crippen molar-refractivity contribution in [2.45, 2.75) is 53.0 Å². The number of para-hydroxylation sites is 1. The lowest BCUT2D eigenvalue weighted by Gasteiger charge is -2.32. The van der Waals surface area contributed by atoms with Gasteiger partial charge in [-0.15, -0.1) is 0 Å². The maximum atomic E-state index is 13.7. The number of rotatable bonds is 16. The Morgan fingerprint density at radius 3 is 2.20 bits per heavy atom. The zero-order valence-corrected chi connectivity index (χ0v) is 28.8. The average Bonchev–Trinajstić information content (AvgIpc) is 3.62. The molecule has 0 unspecified atom stereocenters. The van der Waals surface area contributed by atoms with Gasteiger partial charge in [-0.05, 0) is 75.1 Å². The van der Waals surface area contributed by atoms with Gasteiger partial charge >= 0.3 is 12.0 Å². The van der Waals surface area contributed by atoms with E-state index >= 15 is 0 Å². The van der Waals surface area contributed by atoms with Crippen LogP contribution in [0.1, 0.15) is 46.1 Å². The summed E-state index contributed by atoms with van der Waals surface area (Å²) in [5, 5.41) is 5.09. The van der Waals surface area contributed by atoms with Crippen molar-refractivity contribution in [1.82, 2.24) is 9.80 Å². The Balaban J connectivity index is 1.70. The highest BCUT2D eigenvalue weighted by molar-refractivity contribution is 6.02. The molecule has 2 aromatic carbocycles. The van der Waals surface area contributed by atoms with Gasteiger partial charge in [0.15, 0.2) is 5.78 Å². The van der Waals surface area contributed by atoms with Crippen LogP contribution >= 0.6 is 0 Å². The molecule has 7 N–H and O–H groups in total. The van der Waals surface area contributed by atoms with E-state index in [9.17, 15) is 24.0 Å².